The third-order valence-electron chi connectivity index (χ3n) is 8.76. The van der Waals surface area contributed by atoms with Gasteiger partial charge in [-0.15, -0.1) is 0 Å². The molecule has 0 unspecified atom stereocenters. The number of aliphatic hydroxyl groups is 1. The molecule has 2 aliphatic rings. The first-order valence-electron chi connectivity index (χ1n) is 17.2. The normalized spacial score (nSPS) is 23.6. The Balaban J connectivity index is 1.32. The number of carbonyl (C=O) groups excluding carboxylic acids is 5. The van der Waals surface area contributed by atoms with Gasteiger partial charge in [-0.25, -0.2) is 19.6 Å². The first kappa shape index (κ1) is 37.6. The molecular weight excluding hydrogens is 670 g/mol. The molecule has 0 saturated carbocycles. The van der Waals surface area contributed by atoms with Gasteiger partial charge in [0.15, 0.2) is 5.69 Å². The molecule has 5 atom stereocenters. The minimum absolute atomic E-state index is 0.0172. The van der Waals surface area contributed by atoms with Crippen LogP contribution >= 0.6 is 0 Å². The number of aliphatic hydroxyl groups excluding tert-OH is 1. The Morgan fingerprint density at radius 1 is 1.13 bits per heavy atom. The maximum Gasteiger partial charge on any atom is 0.412 e. The topological polar surface area (TPSA) is 190 Å². The zero-order valence-electron chi connectivity index (χ0n) is 29.3. The fourth-order valence-electron chi connectivity index (χ4n) is 6.13. The van der Waals surface area contributed by atoms with Crippen molar-refractivity contribution in [1.29, 1.82) is 0 Å². The van der Waals surface area contributed by atoms with E-state index in [0.717, 1.165) is 11.6 Å². The number of benzene rings is 1. The quantitative estimate of drug-likeness (QED) is 0.327. The van der Waals surface area contributed by atoms with Gasteiger partial charge in [0.05, 0.1) is 24.6 Å². The van der Waals surface area contributed by atoms with Crippen LogP contribution in [0.3, 0.4) is 0 Å². The summed E-state index contributed by atoms with van der Waals surface area (Å²) in [6.07, 6.45) is 6.84. The number of Topliss-reactive ketones (excluding diaryl/α,β-unsaturated/α-hetero) is 1. The van der Waals surface area contributed by atoms with Crippen LogP contribution in [0, 0.1) is 11.8 Å². The van der Waals surface area contributed by atoms with Crippen LogP contribution in [0.4, 0.5) is 10.6 Å². The van der Waals surface area contributed by atoms with Crippen molar-refractivity contribution in [3.63, 3.8) is 0 Å². The first-order chi connectivity index (χ1) is 25.0. The number of carbonyl (C=O) groups is 5. The number of esters is 1. The number of para-hydroxylation sites is 1. The van der Waals surface area contributed by atoms with Crippen molar-refractivity contribution in [2.75, 3.05) is 25.0 Å². The van der Waals surface area contributed by atoms with Gasteiger partial charge < -0.3 is 29.2 Å². The number of ether oxygens (including phenoxy) is 2. The van der Waals surface area contributed by atoms with Crippen LogP contribution in [0.25, 0.3) is 10.9 Å². The molecule has 4 heterocycles. The molecule has 2 bridgehead atoms. The third-order valence-corrected chi connectivity index (χ3v) is 8.76. The molecule has 5 rings (SSSR count). The smallest absolute Gasteiger partial charge is 0.412 e. The van der Waals surface area contributed by atoms with E-state index in [1.807, 2.05) is 30.3 Å². The summed E-state index contributed by atoms with van der Waals surface area (Å²) in [5.41, 5.74) is 1.33. The van der Waals surface area contributed by atoms with Gasteiger partial charge in [-0.05, 0) is 44.0 Å². The molecule has 0 aliphatic carbocycles. The Bertz CT molecular complexity index is 1880. The Labute approximate surface area is 301 Å². The molecular formula is C38H43N5O9. The van der Waals surface area contributed by atoms with E-state index in [9.17, 15) is 29.1 Å². The van der Waals surface area contributed by atoms with E-state index in [1.54, 1.807) is 45.1 Å². The van der Waals surface area contributed by atoms with E-state index in [2.05, 4.69) is 20.6 Å². The molecule has 1 saturated heterocycles. The lowest BCUT2D eigenvalue weighted by molar-refractivity contribution is -0.159. The highest BCUT2D eigenvalue weighted by molar-refractivity contribution is 5.95. The van der Waals surface area contributed by atoms with Crippen molar-refractivity contribution in [2.45, 2.75) is 64.7 Å². The summed E-state index contributed by atoms with van der Waals surface area (Å²) < 4.78 is 17.0. The van der Waals surface area contributed by atoms with Crippen molar-refractivity contribution in [3.05, 3.63) is 90.2 Å². The van der Waals surface area contributed by atoms with Gasteiger partial charge in [-0.3, -0.25) is 19.7 Å². The van der Waals surface area contributed by atoms with Crippen LogP contribution in [0.15, 0.2) is 83.0 Å². The molecule has 274 valence electrons. The highest BCUT2D eigenvalue weighted by Crippen LogP contribution is 2.26. The predicted octanol–water partition coefficient (Wildman–Crippen LogP) is 4.31. The molecule has 0 spiro atoms. The summed E-state index contributed by atoms with van der Waals surface area (Å²) in [6.45, 7) is 5.61. The Kier molecular flexibility index (Phi) is 12.7. The van der Waals surface area contributed by atoms with Gasteiger partial charge >= 0.3 is 12.1 Å². The lowest BCUT2D eigenvalue weighted by Gasteiger charge is -2.30. The number of anilines is 1. The largest absolute Gasteiger partial charge is 0.460 e. The van der Waals surface area contributed by atoms with E-state index in [4.69, 9.17) is 13.9 Å². The predicted molar refractivity (Wildman–Crippen MR) is 190 cm³/mol. The molecule has 3 amide bonds. The number of hydrogen-bond donors (Lipinski definition) is 3. The highest BCUT2D eigenvalue weighted by Gasteiger charge is 2.39. The summed E-state index contributed by atoms with van der Waals surface area (Å²) >= 11 is 0. The first-order valence-corrected chi connectivity index (χ1v) is 17.2. The number of pyridine rings is 1. The average molecular weight is 714 g/mol. The van der Waals surface area contributed by atoms with Crippen molar-refractivity contribution in [1.82, 2.24) is 20.2 Å². The molecule has 14 heteroatoms. The number of nitrogens with zero attached hydrogens (tertiary/aromatic N) is 3. The number of fused-ring (bicyclic) bond motifs is 4. The van der Waals surface area contributed by atoms with Gasteiger partial charge in [0, 0.05) is 36.7 Å². The number of rotatable bonds is 4. The summed E-state index contributed by atoms with van der Waals surface area (Å²) in [6, 6.07) is 10.0. The minimum atomic E-state index is -1.05. The summed E-state index contributed by atoms with van der Waals surface area (Å²) in [5.74, 6) is -2.67. The zero-order valence-corrected chi connectivity index (χ0v) is 29.3. The third kappa shape index (κ3) is 10.2. The van der Waals surface area contributed by atoms with E-state index >= 15 is 0 Å². The van der Waals surface area contributed by atoms with Crippen LogP contribution in [0.1, 0.15) is 56.4 Å². The molecule has 1 fully saturated rings. The van der Waals surface area contributed by atoms with Crippen molar-refractivity contribution in [3.8, 4) is 0 Å². The number of aromatic nitrogens is 2. The van der Waals surface area contributed by atoms with Crippen LogP contribution in [-0.2, 0) is 30.3 Å². The van der Waals surface area contributed by atoms with Crippen LogP contribution in [0.5, 0.6) is 0 Å². The van der Waals surface area contributed by atoms with E-state index in [-0.39, 0.29) is 49.9 Å². The molecule has 14 nitrogen and oxygen atoms in total. The number of allylic oxidation sites excluding steroid dienone is 2. The van der Waals surface area contributed by atoms with Gasteiger partial charge in [0.2, 0.25) is 11.8 Å². The maximum absolute atomic E-state index is 13.7. The monoisotopic (exact) mass is 713 g/mol. The lowest BCUT2D eigenvalue weighted by Crippen LogP contribution is -2.44. The van der Waals surface area contributed by atoms with Gasteiger partial charge in [-0.2, -0.15) is 0 Å². The highest BCUT2D eigenvalue weighted by atomic mass is 16.6. The van der Waals surface area contributed by atoms with Gasteiger partial charge in [0.1, 0.15) is 30.0 Å². The zero-order chi connectivity index (χ0) is 37.2. The number of hydrogen-bond acceptors (Lipinski definition) is 11. The maximum atomic E-state index is 13.7. The molecule has 3 N–H and O–H groups in total. The fraction of sp³-hybridized carbons (Fsp3) is 0.395. The Morgan fingerprint density at radius 2 is 1.94 bits per heavy atom. The van der Waals surface area contributed by atoms with Crippen LogP contribution < -0.4 is 10.6 Å². The average Bonchev–Trinajstić information content (AvgIpc) is 3.80. The van der Waals surface area contributed by atoms with Crippen LogP contribution in [0.2, 0.25) is 0 Å². The molecule has 1 aromatic carbocycles. The fourth-order valence-corrected chi connectivity index (χ4v) is 6.13. The Morgan fingerprint density at radius 3 is 2.77 bits per heavy atom. The van der Waals surface area contributed by atoms with Crippen LogP contribution in [-0.4, -0.2) is 87.6 Å². The summed E-state index contributed by atoms with van der Waals surface area (Å²) in [7, 11) is 0. The van der Waals surface area contributed by atoms with Crippen molar-refractivity contribution < 1.29 is 43.0 Å². The Hall–Kier alpha value is -5.63. The molecule has 2 aliphatic heterocycles. The number of oxazole rings is 1. The van der Waals surface area contributed by atoms with Gasteiger partial charge in [-0.1, -0.05) is 61.9 Å². The number of ketones is 1. The van der Waals surface area contributed by atoms with E-state index in [1.165, 1.54) is 17.1 Å². The second-order valence-corrected chi connectivity index (χ2v) is 13.0. The van der Waals surface area contributed by atoms with Crippen molar-refractivity contribution in [2.24, 2.45) is 11.8 Å². The molecule has 3 aromatic rings. The number of amides is 3. The second-order valence-electron chi connectivity index (χ2n) is 13.0. The number of cyclic esters (lactones) is 1. The summed E-state index contributed by atoms with van der Waals surface area (Å²) in [5, 5.41) is 16.7. The van der Waals surface area contributed by atoms with Gasteiger partial charge in [0.25, 0.3) is 5.91 Å². The van der Waals surface area contributed by atoms with Crippen molar-refractivity contribution >= 4 is 46.4 Å². The standard InChI is InChI=1S/C38H43N5O9/c1-23-8-6-16-39-33(46)15-12-24(2)35(25(3)21-51-38(49)42-32-14-13-26-9-4-5-10-29(26)40-32)52-37(48)31-11-7-17-43(31)36(47)30-22-50-34(41-30)20-28(45)19-27(44)18-23/h4-6,8-10,12-15,18,22,24-25,27,31,35,44H,7,11,16-17,19-21H2,1-3H3,(H,39,46)(H,40,42,49)/b8-6?,15-12+,23-18?/t24-,25-,27-,31-,35+/m1/s1. The molecule has 0 radical (unpaired) electrons. The lowest BCUT2D eigenvalue weighted by atomic mass is 9.93. The molecule has 2 aromatic heterocycles. The molecule has 52 heavy (non-hydrogen) atoms. The number of nitrogens with one attached hydrogen (secondary N) is 2. The second kappa shape index (κ2) is 17.5. The summed E-state index contributed by atoms with van der Waals surface area (Å²) in [4.78, 5) is 75.2. The van der Waals surface area contributed by atoms with E-state index < -0.39 is 54.0 Å². The SMILES string of the molecule is CC1=C[C@@H](O)CC(=O)Cc2nc(co2)C(=O)N2CCC[C@@H]2C(=O)O[C@H]([C@H](C)COC(=O)Nc2ccc3ccccc3n2)[C@H](C)/C=C/C(=O)NCC=C1. The minimum Gasteiger partial charge on any atom is -0.460 e. The van der Waals surface area contributed by atoms with E-state index in [0.29, 0.717) is 29.7 Å².